The fraction of sp³-hybridized carbons (Fsp3) is 0.250. The lowest BCUT2D eigenvalue weighted by atomic mass is 9.96. The van der Waals surface area contributed by atoms with Gasteiger partial charge in [-0.05, 0) is 43.9 Å². The number of fused-ring (bicyclic) bond motifs is 2. The maximum absolute atomic E-state index is 6.11. The summed E-state index contributed by atoms with van der Waals surface area (Å²) in [4.78, 5) is 17.8. The average Bonchev–Trinajstić information content (AvgIpc) is 2.54. The highest BCUT2D eigenvalue weighted by Crippen LogP contribution is 2.27. The second kappa shape index (κ2) is 4.77. The zero-order chi connectivity index (χ0) is 14.2. The smallest absolute Gasteiger partial charge is 0.161 e. The van der Waals surface area contributed by atoms with Crippen molar-refractivity contribution >= 4 is 16.9 Å². The fourth-order valence-corrected chi connectivity index (χ4v) is 2.85. The van der Waals surface area contributed by atoms with Gasteiger partial charge in [-0.15, -0.1) is 0 Å². The first-order chi connectivity index (χ1) is 10.3. The molecular weight excluding hydrogens is 262 g/mol. The van der Waals surface area contributed by atoms with E-state index in [4.69, 9.17) is 10.7 Å². The highest BCUT2D eigenvalue weighted by molar-refractivity contribution is 5.79. The minimum atomic E-state index is 0.619. The Morgan fingerprint density at radius 3 is 2.62 bits per heavy atom. The Bertz CT molecular complexity index is 828. The Labute approximate surface area is 122 Å². The van der Waals surface area contributed by atoms with E-state index < -0.39 is 0 Å². The van der Waals surface area contributed by atoms with Crippen molar-refractivity contribution in [3.05, 3.63) is 41.9 Å². The summed E-state index contributed by atoms with van der Waals surface area (Å²) in [6.07, 6.45) is 7.70. The van der Waals surface area contributed by atoms with Crippen LogP contribution in [0.15, 0.2) is 30.6 Å². The fourth-order valence-electron chi connectivity index (χ4n) is 2.85. The predicted molar refractivity (Wildman–Crippen MR) is 81.6 cm³/mol. The predicted octanol–water partition coefficient (Wildman–Crippen LogP) is 2.55. The van der Waals surface area contributed by atoms with Crippen LogP contribution in [0.3, 0.4) is 0 Å². The molecule has 2 aromatic heterocycles. The van der Waals surface area contributed by atoms with Gasteiger partial charge in [0, 0.05) is 29.2 Å². The van der Waals surface area contributed by atoms with Gasteiger partial charge in [-0.3, -0.25) is 9.97 Å². The number of anilines is 1. The van der Waals surface area contributed by atoms with Crippen molar-refractivity contribution in [3.63, 3.8) is 0 Å². The number of aryl methyl sites for hydroxylation is 1. The van der Waals surface area contributed by atoms with Crippen LogP contribution in [0.25, 0.3) is 22.4 Å². The standard InChI is InChI=1S/C16H15N5/c17-15-11-3-1-2-4-12(11)20-16(21-15)10-5-6-13-14(9-10)19-8-7-18-13/h5-9H,1-4H2,(H2,17,20,21). The van der Waals surface area contributed by atoms with E-state index in [0.29, 0.717) is 11.6 Å². The molecule has 0 saturated carbocycles. The van der Waals surface area contributed by atoms with Crippen LogP contribution >= 0.6 is 0 Å². The summed E-state index contributed by atoms with van der Waals surface area (Å²) in [7, 11) is 0. The van der Waals surface area contributed by atoms with Gasteiger partial charge in [0.05, 0.1) is 11.0 Å². The van der Waals surface area contributed by atoms with Crippen LogP contribution < -0.4 is 5.73 Å². The third kappa shape index (κ3) is 2.11. The lowest BCUT2D eigenvalue weighted by Crippen LogP contribution is -2.11. The summed E-state index contributed by atoms with van der Waals surface area (Å²) >= 11 is 0. The lowest BCUT2D eigenvalue weighted by molar-refractivity contribution is 0.666. The number of hydrogen-bond acceptors (Lipinski definition) is 5. The van der Waals surface area contributed by atoms with Crippen molar-refractivity contribution in [2.75, 3.05) is 5.73 Å². The van der Waals surface area contributed by atoms with Gasteiger partial charge in [-0.25, -0.2) is 9.97 Å². The van der Waals surface area contributed by atoms with Gasteiger partial charge >= 0.3 is 0 Å². The molecule has 1 aliphatic rings. The number of aromatic nitrogens is 4. The Hall–Kier alpha value is -2.56. The number of nitrogens with two attached hydrogens (primary N) is 1. The van der Waals surface area contributed by atoms with Crippen LogP contribution in [0.4, 0.5) is 5.82 Å². The molecular formula is C16H15N5. The van der Waals surface area contributed by atoms with E-state index in [2.05, 4.69) is 15.0 Å². The first-order valence-electron chi connectivity index (χ1n) is 7.18. The van der Waals surface area contributed by atoms with Gasteiger partial charge in [0.2, 0.25) is 0 Å². The molecule has 0 saturated heterocycles. The molecule has 0 amide bonds. The molecule has 21 heavy (non-hydrogen) atoms. The van der Waals surface area contributed by atoms with Crippen LogP contribution in [0, 0.1) is 0 Å². The van der Waals surface area contributed by atoms with E-state index in [1.165, 1.54) is 12.8 Å². The van der Waals surface area contributed by atoms with Gasteiger partial charge in [0.1, 0.15) is 5.82 Å². The third-order valence-corrected chi connectivity index (χ3v) is 3.94. The van der Waals surface area contributed by atoms with Crippen LogP contribution in [0.2, 0.25) is 0 Å². The van der Waals surface area contributed by atoms with Gasteiger partial charge in [-0.1, -0.05) is 0 Å². The summed E-state index contributed by atoms with van der Waals surface area (Å²) in [5.74, 6) is 1.30. The molecule has 3 aromatic rings. The number of nitrogen functional groups attached to an aromatic ring is 1. The highest BCUT2D eigenvalue weighted by Gasteiger charge is 2.17. The summed E-state index contributed by atoms with van der Waals surface area (Å²) in [6.45, 7) is 0. The molecule has 0 bridgehead atoms. The molecule has 2 heterocycles. The Morgan fingerprint density at radius 2 is 1.71 bits per heavy atom. The SMILES string of the molecule is Nc1nc(-c2ccc3nccnc3c2)nc2c1CCCC2. The summed E-state index contributed by atoms with van der Waals surface area (Å²) in [6, 6.07) is 5.88. The molecule has 5 heteroatoms. The van der Waals surface area contributed by atoms with E-state index in [0.717, 1.165) is 40.7 Å². The number of benzene rings is 1. The maximum Gasteiger partial charge on any atom is 0.161 e. The quantitative estimate of drug-likeness (QED) is 0.739. The summed E-state index contributed by atoms with van der Waals surface area (Å²) in [5.41, 5.74) is 11.0. The number of rotatable bonds is 1. The Kier molecular flexibility index (Phi) is 2.77. The molecule has 1 aromatic carbocycles. The molecule has 0 unspecified atom stereocenters. The molecule has 0 fully saturated rings. The average molecular weight is 277 g/mol. The van der Waals surface area contributed by atoms with Crippen LogP contribution in [-0.2, 0) is 12.8 Å². The molecule has 1 aliphatic carbocycles. The Balaban J connectivity index is 1.86. The van der Waals surface area contributed by atoms with Gasteiger partial charge in [0.15, 0.2) is 5.82 Å². The second-order valence-corrected chi connectivity index (χ2v) is 5.32. The largest absolute Gasteiger partial charge is 0.383 e. The third-order valence-electron chi connectivity index (χ3n) is 3.94. The number of hydrogen-bond donors (Lipinski definition) is 1. The molecule has 5 nitrogen and oxygen atoms in total. The zero-order valence-electron chi connectivity index (χ0n) is 11.6. The number of nitrogens with zero attached hydrogens (tertiary/aromatic N) is 4. The van der Waals surface area contributed by atoms with E-state index in [1.807, 2.05) is 18.2 Å². The molecule has 0 radical (unpaired) electrons. The molecule has 4 rings (SSSR count). The van der Waals surface area contributed by atoms with Crippen molar-refractivity contribution in [1.29, 1.82) is 0 Å². The van der Waals surface area contributed by atoms with Gasteiger partial charge in [0.25, 0.3) is 0 Å². The van der Waals surface area contributed by atoms with E-state index in [1.54, 1.807) is 12.4 Å². The molecule has 104 valence electrons. The molecule has 0 aliphatic heterocycles. The van der Waals surface area contributed by atoms with Crippen molar-refractivity contribution in [1.82, 2.24) is 19.9 Å². The zero-order valence-corrected chi connectivity index (χ0v) is 11.6. The minimum absolute atomic E-state index is 0.619. The van der Waals surface area contributed by atoms with Crippen molar-refractivity contribution in [2.45, 2.75) is 25.7 Å². The highest BCUT2D eigenvalue weighted by atomic mass is 15.0. The second-order valence-electron chi connectivity index (χ2n) is 5.32. The van der Waals surface area contributed by atoms with Crippen LogP contribution in [0.5, 0.6) is 0 Å². The van der Waals surface area contributed by atoms with Crippen molar-refractivity contribution < 1.29 is 0 Å². The first kappa shape index (κ1) is 12.2. The molecule has 0 atom stereocenters. The summed E-state index contributed by atoms with van der Waals surface area (Å²) in [5, 5.41) is 0. The van der Waals surface area contributed by atoms with E-state index in [-0.39, 0.29) is 0 Å². The van der Waals surface area contributed by atoms with Gasteiger partial charge < -0.3 is 5.73 Å². The lowest BCUT2D eigenvalue weighted by Gasteiger charge is -2.17. The maximum atomic E-state index is 6.11. The summed E-state index contributed by atoms with van der Waals surface area (Å²) < 4.78 is 0. The normalized spacial score (nSPS) is 14.1. The first-order valence-corrected chi connectivity index (χ1v) is 7.18. The monoisotopic (exact) mass is 277 g/mol. The van der Waals surface area contributed by atoms with Crippen molar-refractivity contribution in [3.8, 4) is 11.4 Å². The van der Waals surface area contributed by atoms with E-state index >= 15 is 0 Å². The van der Waals surface area contributed by atoms with Crippen LogP contribution in [0.1, 0.15) is 24.1 Å². The van der Waals surface area contributed by atoms with Gasteiger partial charge in [-0.2, -0.15) is 0 Å². The van der Waals surface area contributed by atoms with Crippen LogP contribution in [-0.4, -0.2) is 19.9 Å². The topological polar surface area (TPSA) is 77.6 Å². The molecule has 2 N–H and O–H groups in total. The van der Waals surface area contributed by atoms with E-state index in [9.17, 15) is 0 Å². The van der Waals surface area contributed by atoms with Crippen molar-refractivity contribution in [2.24, 2.45) is 0 Å². The minimum Gasteiger partial charge on any atom is -0.383 e. The Morgan fingerprint density at radius 1 is 0.905 bits per heavy atom. The molecule has 0 spiro atoms.